The molecule has 3 rings (SSSR count). The largest absolute Gasteiger partial charge is 0.507 e. The van der Waals surface area contributed by atoms with Crippen molar-refractivity contribution >= 4 is 16.9 Å². The number of fused-ring (bicyclic) bond motifs is 1. The zero-order valence-corrected chi connectivity index (χ0v) is 9.83. The van der Waals surface area contributed by atoms with Crippen LogP contribution in [0.2, 0.25) is 0 Å². The third-order valence-electron chi connectivity index (χ3n) is 2.95. The van der Waals surface area contributed by atoms with Crippen molar-refractivity contribution in [3.05, 3.63) is 54.1 Å². The van der Waals surface area contributed by atoms with Gasteiger partial charge in [-0.3, -0.25) is 0 Å². The second-order valence-electron chi connectivity index (χ2n) is 4.15. The van der Waals surface area contributed by atoms with Crippen LogP contribution in [0.1, 0.15) is 10.4 Å². The van der Waals surface area contributed by atoms with Crippen LogP contribution in [-0.2, 0) is 0 Å². The monoisotopic (exact) mass is 254 g/mol. The molecule has 4 nitrogen and oxygen atoms in total. The van der Waals surface area contributed by atoms with Crippen molar-refractivity contribution in [3.8, 4) is 17.1 Å². The van der Waals surface area contributed by atoms with Gasteiger partial charge in [0.1, 0.15) is 22.7 Å². The van der Waals surface area contributed by atoms with Gasteiger partial charge in [-0.25, -0.2) is 4.79 Å². The molecule has 2 N–H and O–H groups in total. The predicted octanol–water partition coefficient (Wildman–Crippen LogP) is 3.50. The lowest BCUT2D eigenvalue weighted by molar-refractivity contribution is 0.0694. The van der Waals surface area contributed by atoms with E-state index in [1.807, 2.05) is 24.3 Å². The van der Waals surface area contributed by atoms with Gasteiger partial charge in [0.25, 0.3) is 0 Å². The number of carbonyl (C=O) groups is 1. The molecule has 0 amide bonds. The first-order valence-electron chi connectivity index (χ1n) is 5.71. The number of para-hydroxylation sites is 1. The number of phenols is 1. The van der Waals surface area contributed by atoms with Crippen LogP contribution in [0.5, 0.6) is 5.75 Å². The number of hydrogen-bond acceptors (Lipinski definition) is 3. The van der Waals surface area contributed by atoms with E-state index in [1.54, 1.807) is 18.2 Å². The smallest absolute Gasteiger partial charge is 0.340 e. The van der Waals surface area contributed by atoms with Gasteiger partial charge in [-0.15, -0.1) is 0 Å². The van der Waals surface area contributed by atoms with Crippen molar-refractivity contribution in [3.63, 3.8) is 0 Å². The third kappa shape index (κ3) is 1.83. The molecule has 0 unspecified atom stereocenters. The minimum Gasteiger partial charge on any atom is -0.507 e. The van der Waals surface area contributed by atoms with Crippen LogP contribution in [0.25, 0.3) is 22.3 Å². The van der Waals surface area contributed by atoms with E-state index in [9.17, 15) is 15.0 Å². The van der Waals surface area contributed by atoms with E-state index in [4.69, 9.17) is 4.42 Å². The highest BCUT2D eigenvalue weighted by molar-refractivity contribution is 5.99. The Kier molecular flexibility index (Phi) is 2.49. The van der Waals surface area contributed by atoms with E-state index in [2.05, 4.69) is 0 Å². The van der Waals surface area contributed by atoms with Gasteiger partial charge >= 0.3 is 5.97 Å². The minimum absolute atomic E-state index is 0.151. The molecule has 94 valence electrons. The molecule has 0 aliphatic rings. The van der Waals surface area contributed by atoms with Gasteiger partial charge in [0.15, 0.2) is 0 Å². The second-order valence-corrected chi connectivity index (χ2v) is 4.15. The Bertz CT molecular complexity index is 738. The Balaban J connectivity index is 2.27. The van der Waals surface area contributed by atoms with E-state index in [0.29, 0.717) is 16.9 Å². The van der Waals surface area contributed by atoms with Crippen molar-refractivity contribution < 1.29 is 19.4 Å². The molecule has 4 heteroatoms. The van der Waals surface area contributed by atoms with Crippen molar-refractivity contribution in [2.45, 2.75) is 0 Å². The summed E-state index contributed by atoms with van der Waals surface area (Å²) in [5, 5.41) is 19.7. The summed E-state index contributed by atoms with van der Waals surface area (Å²) in [6, 6.07) is 13.7. The molecule has 0 bridgehead atoms. The molecule has 0 aliphatic carbocycles. The van der Waals surface area contributed by atoms with Crippen LogP contribution < -0.4 is 0 Å². The maximum atomic E-state index is 11.2. The van der Waals surface area contributed by atoms with E-state index >= 15 is 0 Å². The molecule has 1 aromatic heterocycles. The summed E-state index contributed by atoms with van der Waals surface area (Å²) >= 11 is 0. The molecule has 2 aromatic carbocycles. The number of rotatable bonds is 2. The van der Waals surface area contributed by atoms with Crippen LogP contribution >= 0.6 is 0 Å². The number of furan rings is 1. The molecule has 0 radical (unpaired) electrons. The van der Waals surface area contributed by atoms with Crippen LogP contribution in [-0.4, -0.2) is 16.2 Å². The van der Waals surface area contributed by atoms with E-state index in [-0.39, 0.29) is 11.3 Å². The lowest BCUT2D eigenvalue weighted by atomic mass is 10.0. The average molecular weight is 254 g/mol. The van der Waals surface area contributed by atoms with Crippen molar-refractivity contribution in [1.29, 1.82) is 0 Å². The summed E-state index contributed by atoms with van der Waals surface area (Å²) in [5.74, 6) is -1.03. The molecule has 0 spiro atoms. The molecule has 3 aromatic rings. The average Bonchev–Trinajstić information content (AvgIpc) is 2.81. The van der Waals surface area contributed by atoms with Gasteiger partial charge in [0.2, 0.25) is 0 Å². The zero-order valence-electron chi connectivity index (χ0n) is 9.83. The molecule has 0 saturated carbocycles. The van der Waals surface area contributed by atoms with Gasteiger partial charge in [0, 0.05) is 10.9 Å². The van der Waals surface area contributed by atoms with E-state index in [1.165, 1.54) is 6.07 Å². The first-order valence-corrected chi connectivity index (χ1v) is 5.71. The first kappa shape index (κ1) is 11.3. The standard InChI is InChI=1S/C15H10O4/c16-11-6-3-5-10(14(11)15(17)18)13-8-9-4-1-2-7-12(9)19-13/h1-8,16H,(H,17,18). The Morgan fingerprint density at radius 3 is 2.58 bits per heavy atom. The van der Waals surface area contributed by atoms with Crippen molar-refractivity contribution in [2.24, 2.45) is 0 Å². The highest BCUT2D eigenvalue weighted by Crippen LogP contribution is 2.33. The maximum absolute atomic E-state index is 11.2. The van der Waals surface area contributed by atoms with Crippen LogP contribution in [0, 0.1) is 0 Å². The summed E-state index contributed by atoms with van der Waals surface area (Å²) in [4.78, 5) is 11.2. The van der Waals surface area contributed by atoms with Crippen molar-refractivity contribution in [1.82, 2.24) is 0 Å². The summed E-state index contributed by atoms with van der Waals surface area (Å²) in [5.41, 5.74) is 0.891. The summed E-state index contributed by atoms with van der Waals surface area (Å²) in [6.07, 6.45) is 0. The Labute approximate surface area is 108 Å². The molecule has 0 atom stereocenters. The lowest BCUT2D eigenvalue weighted by Crippen LogP contribution is -1.99. The van der Waals surface area contributed by atoms with Crippen LogP contribution in [0.15, 0.2) is 52.9 Å². The molecule has 0 fully saturated rings. The summed E-state index contributed by atoms with van der Waals surface area (Å²) in [7, 11) is 0. The number of carboxylic acids is 1. The Morgan fingerprint density at radius 1 is 1.05 bits per heavy atom. The van der Waals surface area contributed by atoms with Gasteiger partial charge in [-0.1, -0.05) is 30.3 Å². The van der Waals surface area contributed by atoms with Crippen LogP contribution in [0.3, 0.4) is 0 Å². The fourth-order valence-electron chi connectivity index (χ4n) is 2.08. The maximum Gasteiger partial charge on any atom is 0.340 e. The molecular formula is C15H10O4. The molecular weight excluding hydrogens is 244 g/mol. The number of benzene rings is 2. The first-order chi connectivity index (χ1) is 9.16. The van der Waals surface area contributed by atoms with Crippen LogP contribution in [0.4, 0.5) is 0 Å². The van der Waals surface area contributed by atoms with E-state index < -0.39 is 5.97 Å². The van der Waals surface area contributed by atoms with E-state index in [0.717, 1.165) is 5.39 Å². The minimum atomic E-state index is -1.19. The summed E-state index contributed by atoms with van der Waals surface area (Å²) in [6.45, 7) is 0. The Hall–Kier alpha value is -2.75. The third-order valence-corrected chi connectivity index (χ3v) is 2.95. The SMILES string of the molecule is O=C(O)c1c(O)cccc1-c1cc2ccccc2o1. The van der Waals surface area contributed by atoms with Gasteiger partial charge < -0.3 is 14.6 Å². The number of carboxylic acid groups (broad SMARTS) is 1. The number of hydrogen-bond donors (Lipinski definition) is 2. The zero-order chi connectivity index (χ0) is 13.4. The number of aromatic carboxylic acids is 1. The second kappa shape index (κ2) is 4.17. The van der Waals surface area contributed by atoms with Gasteiger partial charge in [-0.2, -0.15) is 0 Å². The fourth-order valence-corrected chi connectivity index (χ4v) is 2.08. The molecule has 0 saturated heterocycles. The lowest BCUT2D eigenvalue weighted by Gasteiger charge is -2.04. The topological polar surface area (TPSA) is 70.7 Å². The Morgan fingerprint density at radius 2 is 1.84 bits per heavy atom. The predicted molar refractivity (Wildman–Crippen MR) is 70.3 cm³/mol. The molecule has 19 heavy (non-hydrogen) atoms. The normalized spacial score (nSPS) is 10.7. The highest BCUT2D eigenvalue weighted by atomic mass is 16.4. The summed E-state index contributed by atoms with van der Waals surface area (Å²) < 4.78 is 5.63. The van der Waals surface area contributed by atoms with Gasteiger partial charge in [0.05, 0.1) is 0 Å². The molecule has 1 heterocycles. The van der Waals surface area contributed by atoms with Crippen molar-refractivity contribution in [2.75, 3.05) is 0 Å². The molecule has 0 aliphatic heterocycles. The fraction of sp³-hybridized carbons (Fsp3) is 0. The quantitative estimate of drug-likeness (QED) is 0.734. The highest BCUT2D eigenvalue weighted by Gasteiger charge is 2.18. The van der Waals surface area contributed by atoms with Gasteiger partial charge in [-0.05, 0) is 18.2 Å². The number of aromatic hydroxyl groups is 1.